The highest BCUT2D eigenvalue weighted by molar-refractivity contribution is 7.99. The van der Waals surface area contributed by atoms with Gasteiger partial charge in [0.2, 0.25) is 0 Å². The Morgan fingerprint density at radius 3 is 2.59 bits per heavy atom. The quantitative estimate of drug-likeness (QED) is 0.624. The summed E-state index contributed by atoms with van der Waals surface area (Å²) in [5, 5.41) is 3.18. The molecule has 0 aliphatic carbocycles. The van der Waals surface area contributed by atoms with Crippen molar-refractivity contribution in [2.24, 2.45) is 0 Å². The van der Waals surface area contributed by atoms with Crippen molar-refractivity contribution in [1.29, 1.82) is 0 Å². The molecule has 0 aromatic heterocycles. The summed E-state index contributed by atoms with van der Waals surface area (Å²) in [5.41, 5.74) is -0.635. The second kappa shape index (κ2) is 6.67. The van der Waals surface area contributed by atoms with E-state index in [-0.39, 0.29) is 5.97 Å². The fourth-order valence-electron chi connectivity index (χ4n) is 1.54. The van der Waals surface area contributed by atoms with E-state index in [2.05, 4.69) is 5.32 Å². The summed E-state index contributed by atoms with van der Waals surface area (Å²) < 4.78 is 4.84. The molecule has 0 aliphatic heterocycles. The van der Waals surface area contributed by atoms with Gasteiger partial charge in [0, 0.05) is 10.6 Å². The van der Waals surface area contributed by atoms with Crippen molar-refractivity contribution < 1.29 is 9.53 Å². The fraction of sp³-hybridized carbons (Fsp3) is 0.462. The molecule has 0 fully saturated rings. The van der Waals surface area contributed by atoms with Crippen molar-refractivity contribution in [3.63, 3.8) is 0 Å². The zero-order chi connectivity index (χ0) is 12.7. The number of rotatable bonds is 6. The third-order valence-electron chi connectivity index (χ3n) is 2.47. The number of likely N-dealkylation sites (N-methyl/N-ethyl adjacent to an activating group) is 1. The van der Waals surface area contributed by atoms with Crippen LogP contribution >= 0.6 is 11.8 Å². The van der Waals surface area contributed by atoms with Crippen molar-refractivity contribution in [3.8, 4) is 0 Å². The van der Waals surface area contributed by atoms with Gasteiger partial charge in [-0.1, -0.05) is 25.1 Å². The highest BCUT2D eigenvalue weighted by Crippen LogP contribution is 2.23. The van der Waals surface area contributed by atoms with Crippen LogP contribution in [0.4, 0.5) is 0 Å². The molecule has 0 spiro atoms. The van der Waals surface area contributed by atoms with E-state index in [0.29, 0.717) is 5.75 Å². The number of nitrogens with one attached hydrogen (secondary N) is 1. The van der Waals surface area contributed by atoms with Gasteiger partial charge in [0.25, 0.3) is 0 Å². The van der Waals surface area contributed by atoms with E-state index in [1.165, 1.54) is 7.11 Å². The van der Waals surface area contributed by atoms with Gasteiger partial charge in [-0.3, -0.25) is 4.79 Å². The van der Waals surface area contributed by atoms with Gasteiger partial charge in [0.05, 0.1) is 7.11 Å². The third-order valence-corrected chi connectivity index (χ3v) is 3.80. The first kappa shape index (κ1) is 14.1. The topological polar surface area (TPSA) is 38.3 Å². The Kier molecular flexibility index (Phi) is 5.51. The van der Waals surface area contributed by atoms with E-state index in [1.807, 2.05) is 44.2 Å². The molecule has 0 aliphatic rings. The standard InChI is InChI=1S/C13H19NO2S/c1-4-14-13(2,12(15)16-3)10-17-11-8-6-5-7-9-11/h5-9,14H,4,10H2,1-3H3. The normalized spacial score (nSPS) is 14.1. The summed E-state index contributed by atoms with van der Waals surface area (Å²) in [6, 6.07) is 10.0. The van der Waals surface area contributed by atoms with Crippen molar-refractivity contribution >= 4 is 17.7 Å². The molecular weight excluding hydrogens is 234 g/mol. The average Bonchev–Trinajstić information content (AvgIpc) is 2.37. The van der Waals surface area contributed by atoms with Gasteiger partial charge in [-0.15, -0.1) is 11.8 Å². The van der Waals surface area contributed by atoms with Crippen LogP contribution in [0.1, 0.15) is 13.8 Å². The second-order valence-electron chi connectivity index (χ2n) is 3.96. The van der Waals surface area contributed by atoms with Crippen molar-refractivity contribution in [1.82, 2.24) is 5.32 Å². The lowest BCUT2D eigenvalue weighted by Gasteiger charge is -2.27. The Morgan fingerprint density at radius 2 is 2.06 bits per heavy atom. The van der Waals surface area contributed by atoms with Gasteiger partial charge >= 0.3 is 5.97 Å². The van der Waals surface area contributed by atoms with Gasteiger partial charge in [-0.2, -0.15) is 0 Å². The van der Waals surface area contributed by atoms with Crippen LogP contribution in [0.15, 0.2) is 35.2 Å². The van der Waals surface area contributed by atoms with E-state index in [0.717, 1.165) is 11.4 Å². The molecule has 1 unspecified atom stereocenters. The first-order valence-electron chi connectivity index (χ1n) is 5.63. The van der Waals surface area contributed by atoms with Gasteiger partial charge in [0.15, 0.2) is 0 Å². The molecule has 4 heteroatoms. The Hall–Kier alpha value is -1.00. The minimum atomic E-state index is -0.635. The van der Waals surface area contributed by atoms with Crippen molar-refractivity contribution in [2.45, 2.75) is 24.3 Å². The highest BCUT2D eigenvalue weighted by Gasteiger charge is 2.33. The van der Waals surface area contributed by atoms with Crippen LogP contribution in [0.5, 0.6) is 0 Å². The number of thioether (sulfide) groups is 1. The molecule has 0 radical (unpaired) electrons. The number of ether oxygens (including phenoxy) is 1. The first-order chi connectivity index (χ1) is 8.12. The molecule has 1 N–H and O–H groups in total. The predicted octanol–water partition coefficient (Wildman–Crippen LogP) is 2.32. The summed E-state index contributed by atoms with van der Waals surface area (Å²) in [7, 11) is 1.42. The maximum atomic E-state index is 11.7. The number of carbonyl (C=O) groups is 1. The SMILES string of the molecule is CCNC(C)(CSc1ccccc1)C(=O)OC. The van der Waals surface area contributed by atoms with Gasteiger partial charge in [0.1, 0.15) is 5.54 Å². The van der Waals surface area contributed by atoms with Crippen LogP contribution in [0, 0.1) is 0 Å². The number of hydrogen-bond donors (Lipinski definition) is 1. The lowest BCUT2D eigenvalue weighted by Crippen LogP contribution is -2.52. The number of carbonyl (C=O) groups excluding carboxylic acids is 1. The molecule has 1 rings (SSSR count). The van der Waals surface area contributed by atoms with E-state index in [9.17, 15) is 4.79 Å². The third kappa shape index (κ3) is 4.06. The van der Waals surface area contributed by atoms with E-state index in [4.69, 9.17) is 4.74 Å². The Bertz CT molecular complexity index is 356. The predicted molar refractivity (Wildman–Crippen MR) is 71.3 cm³/mol. The maximum Gasteiger partial charge on any atom is 0.326 e. The Labute approximate surface area is 107 Å². The van der Waals surface area contributed by atoms with E-state index < -0.39 is 5.54 Å². The molecule has 1 aromatic rings. The number of benzene rings is 1. The zero-order valence-electron chi connectivity index (χ0n) is 10.5. The minimum Gasteiger partial charge on any atom is -0.468 e. The molecule has 0 saturated heterocycles. The lowest BCUT2D eigenvalue weighted by atomic mass is 10.1. The van der Waals surface area contributed by atoms with Crippen LogP contribution in [-0.4, -0.2) is 30.9 Å². The molecule has 0 saturated carbocycles. The van der Waals surface area contributed by atoms with Crippen molar-refractivity contribution in [3.05, 3.63) is 30.3 Å². The summed E-state index contributed by atoms with van der Waals surface area (Å²) >= 11 is 1.65. The monoisotopic (exact) mass is 253 g/mol. The Balaban J connectivity index is 2.64. The average molecular weight is 253 g/mol. The van der Waals surface area contributed by atoms with Crippen LogP contribution in [0.3, 0.4) is 0 Å². The van der Waals surface area contributed by atoms with Crippen LogP contribution in [0.25, 0.3) is 0 Å². The molecular formula is C13H19NO2S. The maximum absolute atomic E-state index is 11.7. The molecule has 0 heterocycles. The van der Waals surface area contributed by atoms with E-state index >= 15 is 0 Å². The summed E-state index contributed by atoms with van der Waals surface area (Å²) in [4.78, 5) is 12.9. The molecule has 1 aromatic carbocycles. The van der Waals surface area contributed by atoms with Gasteiger partial charge in [-0.25, -0.2) is 0 Å². The fourth-order valence-corrected chi connectivity index (χ4v) is 2.57. The first-order valence-corrected chi connectivity index (χ1v) is 6.62. The smallest absolute Gasteiger partial charge is 0.326 e. The minimum absolute atomic E-state index is 0.220. The molecule has 3 nitrogen and oxygen atoms in total. The molecule has 0 amide bonds. The summed E-state index contributed by atoms with van der Waals surface area (Å²) in [6.45, 7) is 4.59. The number of esters is 1. The van der Waals surface area contributed by atoms with Crippen LogP contribution in [0.2, 0.25) is 0 Å². The molecule has 1 atom stereocenters. The largest absolute Gasteiger partial charge is 0.468 e. The van der Waals surface area contributed by atoms with E-state index in [1.54, 1.807) is 11.8 Å². The molecule has 17 heavy (non-hydrogen) atoms. The van der Waals surface area contributed by atoms with Gasteiger partial charge < -0.3 is 10.1 Å². The van der Waals surface area contributed by atoms with Crippen molar-refractivity contribution in [2.75, 3.05) is 19.4 Å². The summed E-state index contributed by atoms with van der Waals surface area (Å²) in [5.74, 6) is 0.431. The number of methoxy groups -OCH3 is 1. The lowest BCUT2D eigenvalue weighted by molar-refractivity contribution is -0.146. The molecule has 94 valence electrons. The van der Waals surface area contributed by atoms with Gasteiger partial charge in [-0.05, 0) is 25.6 Å². The Morgan fingerprint density at radius 1 is 1.41 bits per heavy atom. The second-order valence-corrected chi connectivity index (χ2v) is 5.00. The highest BCUT2D eigenvalue weighted by atomic mass is 32.2. The summed E-state index contributed by atoms with van der Waals surface area (Å²) in [6.07, 6.45) is 0. The van der Waals surface area contributed by atoms with Crippen LogP contribution < -0.4 is 5.32 Å². The zero-order valence-corrected chi connectivity index (χ0v) is 11.3. The van der Waals surface area contributed by atoms with Crippen LogP contribution in [-0.2, 0) is 9.53 Å². The molecule has 0 bridgehead atoms. The number of hydrogen-bond acceptors (Lipinski definition) is 4.